The van der Waals surface area contributed by atoms with Gasteiger partial charge in [-0.15, -0.1) is 0 Å². The highest BCUT2D eigenvalue weighted by atomic mass is 32.2. The molecule has 2 aliphatic heterocycles. The summed E-state index contributed by atoms with van der Waals surface area (Å²) in [6, 6.07) is -1.27. The Hall–Kier alpha value is -0.710. The summed E-state index contributed by atoms with van der Waals surface area (Å²) in [7, 11) is -7.10. The van der Waals surface area contributed by atoms with E-state index in [1.54, 1.807) is 0 Å². The number of aliphatic hydroxyl groups is 1. The van der Waals surface area contributed by atoms with Crippen LogP contribution in [0.15, 0.2) is 0 Å². The molecule has 0 saturated carbocycles. The molecule has 0 amide bonds. The molecule has 10 heteroatoms. The molecule has 116 valence electrons. The number of β-amino-alcohol motifs (C(OH)–C–C–N with tert-alkyl or cyclic N) is 1. The topological polar surface area (TPSA) is 129 Å². The first-order valence-electron chi connectivity index (χ1n) is 6.25. The van der Waals surface area contributed by atoms with Crippen LogP contribution in [-0.2, 0) is 24.7 Å². The molecule has 2 saturated heterocycles. The number of aliphatic carboxylic acids is 1. The first kappa shape index (κ1) is 15.7. The minimum Gasteiger partial charge on any atom is -0.480 e. The molecular weight excluding hydrogens is 310 g/mol. The Labute approximate surface area is 117 Å². The summed E-state index contributed by atoms with van der Waals surface area (Å²) in [5.41, 5.74) is 0. The van der Waals surface area contributed by atoms with Crippen LogP contribution in [0.5, 0.6) is 0 Å². The van der Waals surface area contributed by atoms with Gasteiger partial charge in [-0.05, 0) is 12.8 Å². The van der Waals surface area contributed by atoms with E-state index in [1.165, 1.54) is 0 Å². The fourth-order valence-electron chi connectivity index (χ4n) is 2.65. The van der Waals surface area contributed by atoms with Crippen molar-refractivity contribution in [1.82, 2.24) is 4.31 Å². The standard InChI is InChI=1S/C10H17NO7S2/c12-7-5-9(10(13)14)11(6-7)20(17,18)8-1-3-19(15,16)4-2-8/h7-9,12H,1-6H2,(H,13,14)/t7?,9-/m0/s1. The van der Waals surface area contributed by atoms with E-state index in [9.17, 15) is 26.7 Å². The quantitative estimate of drug-likeness (QED) is 0.639. The molecular formula is C10H17NO7S2. The maximum Gasteiger partial charge on any atom is 0.322 e. The number of carbonyl (C=O) groups is 1. The number of rotatable bonds is 3. The summed E-state index contributed by atoms with van der Waals surface area (Å²) in [6.45, 7) is -0.247. The van der Waals surface area contributed by atoms with Crippen LogP contribution < -0.4 is 0 Å². The zero-order chi connectivity index (χ0) is 15.1. The van der Waals surface area contributed by atoms with E-state index in [1.807, 2.05) is 0 Å². The van der Waals surface area contributed by atoms with E-state index in [0.29, 0.717) is 0 Å². The average Bonchev–Trinajstić information content (AvgIpc) is 2.71. The lowest BCUT2D eigenvalue weighted by molar-refractivity contribution is -0.140. The molecule has 0 radical (unpaired) electrons. The molecule has 0 spiro atoms. The summed E-state index contributed by atoms with van der Waals surface area (Å²) in [6.07, 6.45) is -1.19. The van der Waals surface area contributed by atoms with Gasteiger partial charge in [0.05, 0.1) is 22.9 Å². The molecule has 2 aliphatic rings. The van der Waals surface area contributed by atoms with Crippen molar-refractivity contribution in [2.75, 3.05) is 18.1 Å². The van der Waals surface area contributed by atoms with Crippen LogP contribution in [0, 0.1) is 0 Å². The first-order chi connectivity index (χ1) is 9.13. The average molecular weight is 327 g/mol. The van der Waals surface area contributed by atoms with Crippen molar-refractivity contribution in [3.8, 4) is 0 Å². The van der Waals surface area contributed by atoms with E-state index in [-0.39, 0.29) is 37.3 Å². The highest BCUT2D eigenvalue weighted by Gasteiger charge is 2.46. The normalized spacial score (nSPS) is 32.2. The number of sulfonamides is 1. The van der Waals surface area contributed by atoms with Crippen LogP contribution in [-0.4, -0.2) is 72.8 Å². The Morgan fingerprint density at radius 1 is 1.20 bits per heavy atom. The molecule has 0 aliphatic carbocycles. The highest BCUT2D eigenvalue weighted by molar-refractivity contribution is 7.92. The van der Waals surface area contributed by atoms with Crippen molar-refractivity contribution in [3.63, 3.8) is 0 Å². The summed E-state index contributed by atoms with van der Waals surface area (Å²) in [4.78, 5) is 11.1. The molecule has 0 aromatic rings. The number of hydrogen-bond donors (Lipinski definition) is 2. The van der Waals surface area contributed by atoms with Crippen LogP contribution in [0.2, 0.25) is 0 Å². The Morgan fingerprint density at radius 3 is 2.25 bits per heavy atom. The fourth-order valence-corrected chi connectivity index (χ4v) is 6.56. The number of carboxylic acid groups (broad SMARTS) is 1. The van der Waals surface area contributed by atoms with Crippen molar-refractivity contribution in [2.24, 2.45) is 0 Å². The molecule has 2 atom stereocenters. The van der Waals surface area contributed by atoms with Gasteiger partial charge in [0.15, 0.2) is 0 Å². The van der Waals surface area contributed by atoms with Crippen LogP contribution in [0.3, 0.4) is 0 Å². The van der Waals surface area contributed by atoms with Gasteiger partial charge in [0.25, 0.3) is 0 Å². The first-order valence-corrected chi connectivity index (χ1v) is 9.58. The lowest BCUT2D eigenvalue weighted by Gasteiger charge is -2.28. The van der Waals surface area contributed by atoms with Crippen molar-refractivity contribution < 1.29 is 31.8 Å². The second kappa shape index (κ2) is 5.24. The lowest BCUT2D eigenvalue weighted by Crippen LogP contribution is -2.47. The molecule has 8 nitrogen and oxygen atoms in total. The Morgan fingerprint density at radius 2 is 1.75 bits per heavy atom. The fraction of sp³-hybridized carbons (Fsp3) is 0.900. The number of aliphatic hydroxyl groups excluding tert-OH is 1. The lowest BCUT2D eigenvalue weighted by atomic mass is 10.2. The van der Waals surface area contributed by atoms with Crippen molar-refractivity contribution in [1.29, 1.82) is 0 Å². The van der Waals surface area contributed by atoms with Crippen molar-refractivity contribution in [2.45, 2.75) is 36.7 Å². The number of carboxylic acids is 1. The van der Waals surface area contributed by atoms with E-state index in [2.05, 4.69) is 0 Å². The monoisotopic (exact) mass is 327 g/mol. The zero-order valence-corrected chi connectivity index (χ0v) is 12.3. The largest absolute Gasteiger partial charge is 0.480 e. The third-order valence-electron chi connectivity index (χ3n) is 3.77. The van der Waals surface area contributed by atoms with Crippen LogP contribution in [0.4, 0.5) is 0 Å². The number of nitrogens with zero attached hydrogens (tertiary/aromatic N) is 1. The van der Waals surface area contributed by atoms with E-state index >= 15 is 0 Å². The van der Waals surface area contributed by atoms with E-state index < -0.39 is 43.2 Å². The summed E-state index contributed by atoms with van der Waals surface area (Å²) in [5.74, 6) is -1.70. The second-order valence-electron chi connectivity index (χ2n) is 5.21. The molecule has 2 rings (SSSR count). The van der Waals surface area contributed by atoms with Gasteiger partial charge in [-0.2, -0.15) is 4.31 Å². The van der Waals surface area contributed by atoms with Gasteiger partial charge in [0.2, 0.25) is 10.0 Å². The van der Waals surface area contributed by atoms with Gasteiger partial charge in [-0.1, -0.05) is 0 Å². The SMILES string of the molecule is O=C(O)[C@@H]1CC(O)CN1S(=O)(=O)C1CCS(=O)(=O)CC1. The van der Waals surface area contributed by atoms with Crippen LogP contribution in [0.25, 0.3) is 0 Å². The van der Waals surface area contributed by atoms with Gasteiger partial charge < -0.3 is 10.2 Å². The Balaban J connectivity index is 2.20. The van der Waals surface area contributed by atoms with E-state index in [4.69, 9.17) is 5.11 Å². The maximum absolute atomic E-state index is 12.4. The molecule has 2 fully saturated rings. The smallest absolute Gasteiger partial charge is 0.322 e. The third kappa shape index (κ3) is 2.97. The second-order valence-corrected chi connectivity index (χ2v) is 9.68. The molecule has 0 bridgehead atoms. The molecule has 0 aromatic heterocycles. The summed E-state index contributed by atoms with van der Waals surface area (Å²) in [5, 5.41) is 17.6. The van der Waals surface area contributed by atoms with E-state index in [0.717, 1.165) is 4.31 Å². The predicted molar refractivity (Wildman–Crippen MR) is 69.3 cm³/mol. The van der Waals surface area contributed by atoms with Gasteiger partial charge in [-0.25, -0.2) is 16.8 Å². The minimum absolute atomic E-state index is 0.0242. The third-order valence-corrected chi connectivity index (χ3v) is 7.86. The molecule has 0 aromatic carbocycles. The van der Waals surface area contributed by atoms with Gasteiger partial charge in [0, 0.05) is 13.0 Å². The number of hydrogen-bond acceptors (Lipinski definition) is 6. The Bertz CT molecular complexity index is 583. The van der Waals surface area contributed by atoms with Crippen molar-refractivity contribution >= 4 is 25.8 Å². The van der Waals surface area contributed by atoms with Gasteiger partial charge in [0.1, 0.15) is 15.9 Å². The zero-order valence-electron chi connectivity index (χ0n) is 10.7. The summed E-state index contributed by atoms with van der Waals surface area (Å²) >= 11 is 0. The van der Waals surface area contributed by atoms with Gasteiger partial charge in [-0.3, -0.25) is 4.79 Å². The maximum atomic E-state index is 12.4. The molecule has 1 unspecified atom stereocenters. The predicted octanol–water partition coefficient (Wildman–Crippen LogP) is -1.59. The molecule has 20 heavy (non-hydrogen) atoms. The van der Waals surface area contributed by atoms with Crippen molar-refractivity contribution in [3.05, 3.63) is 0 Å². The van der Waals surface area contributed by atoms with Crippen LogP contribution >= 0.6 is 0 Å². The minimum atomic E-state index is -3.91. The highest BCUT2D eigenvalue weighted by Crippen LogP contribution is 2.29. The molecule has 2 heterocycles. The van der Waals surface area contributed by atoms with Crippen LogP contribution in [0.1, 0.15) is 19.3 Å². The Kier molecular flexibility index (Phi) is 4.11. The van der Waals surface area contributed by atoms with Gasteiger partial charge >= 0.3 is 5.97 Å². The summed E-state index contributed by atoms with van der Waals surface area (Å²) < 4.78 is 48.3. The number of sulfone groups is 1. The molecule has 2 N–H and O–H groups in total.